The highest BCUT2D eigenvalue weighted by Crippen LogP contribution is 2.26. The van der Waals surface area contributed by atoms with Gasteiger partial charge in [0.05, 0.1) is 6.10 Å². The second kappa shape index (κ2) is 6.29. The minimum atomic E-state index is 0.107. The summed E-state index contributed by atoms with van der Waals surface area (Å²) in [5.74, 6) is 0.338. The van der Waals surface area contributed by atoms with Crippen molar-refractivity contribution in [2.75, 3.05) is 7.11 Å². The minimum absolute atomic E-state index is 0.107. The largest absolute Gasteiger partial charge is 0.376 e. The third-order valence-corrected chi connectivity index (χ3v) is 2.71. The van der Waals surface area contributed by atoms with Gasteiger partial charge in [-0.1, -0.05) is 61.6 Å². The standard InChI is InChI=1S/C15H20O/c1-5-12(2)11-13(3)15(16-4)14-9-7-6-8-10-14/h5-11,13,15H,1H2,2-4H3/b12-11+/t13-,15-/m1/s1. The van der Waals surface area contributed by atoms with Crippen molar-refractivity contribution in [2.45, 2.75) is 20.0 Å². The van der Waals surface area contributed by atoms with Gasteiger partial charge in [0, 0.05) is 13.0 Å². The number of hydrogen-bond donors (Lipinski definition) is 0. The molecule has 0 saturated heterocycles. The Kier molecular flexibility index (Phi) is 5.00. The summed E-state index contributed by atoms with van der Waals surface area (Å²) in [5, 5.41) is 0. The molecule has 16 heavy (non-hydrogen) atoms. The molecule has 0 radical (unpaired) electrons. The molecule has 1 aromatic rings. The molecular weight excluding hydrogens is 196 g/mol. The lowest BCUT2D eigenvalue weighted by atomic mass is 9.95. The number of rotatable bonds is 5. The van der Waals surface area contributed by atoms with Gasteiger partial charge in [-0.15, -0.1) is 0 Å². The fraction of sp³-hybridized carbons (Fsp3) is 0.333. The van der Waals surface area contributed by atoms with E-state index in [0.29, 0.717) is 5.92 Å². The molecule has 0 bridgehead atoms. The second-order valence-electron chi connectivity index (χ2n) is 4.04. The van der Waals surface area contributed by atoms with Crippen molar-refractivity contribution in [2.24, 2.45) is 5.92 Å². The lowest BCUT2D eigenvalue weighted by molar-refractivity contribution is 0.0740. The summed E-state index contributed by atoms with van der Waals surface area (Å²) in [6.07, 6.45) is 4.17. The topological polar surface area (TPSA) is 9.23 Å². The summed E-state index contributed by atoms with van der Waals surface area (Å²) in [7, 11) is 1.76. The zero-order valence-corrected chi connectivity index (χ0v) is 10.3. The first-order valence-electron chi connectivity index (χ1n) is 5.57. The van der Waals surface area contributed by atoms with Crippen molar-refractivity contribution in [1.29, 1.82) is 0 Å². The highest BCUT2D eigenvalue weighted by atomic mass is 16.5. The molecule has 0 saturated carbocycles. The van der Waals surface area contributed by atoms with E-state index in [1.807, 2.05) is 24.3 Å². The first-order chi connectivity index (χ1) is 7.69. The molecule has 0 aliphatic heterocycles. The van der Waals surface area contributed by atoms with Crippen LogP contribution in [0, 0.1) is 5.92 Å². The maximum absolute atomic E-state index is 5.56. The summed E-state index contributed by atoms with van der Waals surface area (Å²) < 4.78 is 5.56. The van der Waals surface area contributed by atoms with Gasteiger partial charge in [-0.3, -0.25) is 0 Å². The molecule has 1 nitrogen and oxygen atoms in total. The molecule has 0 amide bonds. The Balaban J connectivity index is 2.87. The van der Waals surface area contributed by atoms with Gasteiger partial charge in [-0.25, -0.2) is 0 Å². The lowest BCUT2D eigenvalue weighted by Crippen LogP contribution is -2.10. The third-order valence-electron chi connectivity index (χ3n) is 2.71. The number of allylic oxidation sites excluding steroid dienone is 2. The van der Waals surface area contributed by atoms with Crippen LogP contribution in [-0.4, -0.2) is 7.11 Å². The van der Waals surface area contributed by atoms with E-state index in [-0.39, 0.29) is 6.10 Å². The smallest absolute Gasteiger partial charge is 0.0881 e. The monoisotopic (exact) mass is 216 g/mol. The molecule has 0 aliphatic carbocycles. The SMILES string of the molecule is C=C/C(C)=C/[C@@H](C)[C@@H](OC)c1ccccc1. The molecule has 0 spiro atoms. The lowest BCUT2D eigenvalue weighted by Gasteiger charge is -2.21. The van der Waals surface area contributed by atoms with Gasteiger partial charge < -0.3 is 4.74 Å². The van der Waals surface area contributed by atoms with Crippen LogP contribution in [0.3, 0.4) is 0 Å². The van der Waals surface area contributed by atoms with Crippen LogP contribution in [0.4, 0.5) is 0 Å². The van der Waals surface area contributed by atoms with E-state index in [1.54, 1.807) is 7.11 Å². The van der Waals surface area contributed by atoms with Gasteiger partial charge in [0.1, 0.15) is 0 Å². The van der Waals surface area contributed by atoms with Crippen LogP contribution < -0.4 is 0 Å². The van der Waals surface area contributed by atoms with Crippen molar-refractivity contribution >= 4 is 0 Å². The van der Waals surface area contributed by atoms with E-state index >= 15 is 0 Å². The van der Waals surface area contributed by atoms with Crippen LogP contribution in [-0.2, 0) is 4.74 Å². The highest BCUT2D eigenvalue weighted by Gasteiger charge is 2.16. The molecule has 1 aromatic carbocycles. The van der Waals surface area contributed by atoms with Crippen LogP contribution in [0.2, 0.25) is 0 Å². The summed E-state index contributed by atoms with van der Waals surface area (Å²) in [5.41, 5.74) is 2.40. The van der Waals surface area contributed by atoms with Gasteiger partial charge in [0.15, 0.2) is 0 Å². The van der Waals surface area contributed by atoms with Crippen LogP contribution in [0.1, 0.15) is 25.5 Å². The Morgan fingerprint density at radius 2 is 1.94 bits per heavy atom. The number of benzene rings is 1. The maximum atomic E-state index is 5.56. The fourth-order valence-electron chi connectivity index (χ4n) is 1.87. The molecule has 0 aromatic heterocycles. The molecule has 0 unspecified atom stereocenters. The predicted molar refractivity (Wildman–Crippen MR) is 69.3 cm³/mol. The summed E-state index contributed by atoms with van der Waals surface area (Å²) >= 11 is 0. The molecular formula is C15H20O. The summed E-state index contributed by atoms with van der Waals surface area (Å²) in [6.45, 7) is 7.98. The first kappa shape index (κ1) is 12.7. The van der Waals surface area contributed by atoms with Crippen LogP contribution >= 0.6 is 0 Å². The van der Waals surface area contributed by atoms with E-state index in [4.69, 9.17) is 4.74 Å². The number of hydrogen-bond acceptors (Lipinski definition) is 1. The van der Waals surface area contributed by atoms with Crippen molar-refractivity contribution < 1.29 is 4.74 Å². The van der Waals surface area contributed by atoms with E-state index < -0.39 is 0 Å². The first-order valence-corrected chi connectivity index (χ1v) is 5.57. The summed E-state index contributed by atoms with van der Waals surface area (Å²) in [6, 6.07) is 10.3. The summed E-state index contributed by atoms with van der Waals surface area (Å²) in [4.78, 5) is 0. The molecule has 0 N–H and O–H groups in total. The van der Waals surface area contributed by atoms with Crippen molar-refractivity contribution in [3.8, 4) is 0 Å². The van der Waals surface area contributed by atoms with Gasteiger partial charge in [-0.2, -0.15) is 0 Å². The van der Waals surface area contributed by atoms with E-state index in [2.05, 4.69) is 38.6 Å². The quantitative estimate of drug-likeness (QED) is 0.672. The van der Waals surface area contributed by atoms with Gasteiger partial charge in [-0.05, 0) is 12.5 Å². The molecule has 86 valence electrons. The fourth-order valence-corrected chi connectivity index (χ4v) is 1.87. The molecule has 1 rings (SSSR count). The van der Waals surface area contributed by atoms with Crippen LogP contribution in [0.5, 0.6) is 0 Å². The van der Waals surface area contributed by atoms with Crippen molar-refractivity contribution in [3.63, 3.8) is 0 Å². The number of ether oxygens (including phenoxy) is 1. The van der Waals surface area contributed by atoms with Crippen molar-refractivity contribution in [1.82, 2.24) is 0 Å². The van der Waals surface area contributed by atoms with Crippen LogP contribution in [0.15, 0.2) is 54.6 Å². The van der Waals surface area contributed by atoms with Gasteiger partial charge in [0.25, 0.3) is 0 Å². The minimum Gasteiger partial charge on any atom is -0.376 e. The third kappa shape index (κ3) is 3.35. The maximum Gasteiger partial charge on any atom is 0.0881 e. The van der Waals surface area contributed by atoms with E-state index in [9.17, 15) is 0 Å². The molecule has 0 fully saturated rings. The average molecular weight is 216 g/mol. The molecule has 0 aliphatic rings. The zero-order chi connectivity index (χ0) is 12.0. The second-order valence-corrected chi connectivity index (χ2v) is 4.04. The number of methoxy groups -OCH3 is 1. The Bertz CT molecular complexity index is 351. The molecule has 0 heterocycles. The van der Waals surface area contributed by atoms with Gasteiger partial charge in [0.2, 0.25) is 0 Å². The highest BCUT2D eigenvalue weighted by molar-refractivity contribution is 5.21. The average Bonchev–Trinajstić information content (AvgIpc) is 2.31. The zero-order valence-electron chi connectivity index (χ0n) is 10.3. The Hall–Kier alpha value is -1.34. The van der Waals surface area contributed by atoms with E-state index in [0.717, 1.165) is 0 Å². The van der Waals surface area contributed by atoms with Gasteiger partial charge >= 0.3 is 0 Å². The van der Waals surface area contributed by atoms with Crippen LogP contribution in [0.25, 0.3) is 0 Å². The predicted octanol–water partition coefficient (Wildman–Crippen LogP) is 4.14. The molecule has 2 atom stereocenters. The molecule has 1 heteroatoms. The Morgan fingerprint density at radius 3 is 2.44 bits per heavy atom. The Labute approximate surface area is 98.5 Å². The van der Waals surface area contributed by atoms with Crippen molar-refractivity contribution in [3.05, 3.63) is 60.2 Å². The van der Waals surface area contributed by atoms with E-state index in [1.165, 1.54) is 11.1 Å². The normalized spacial score (nSPS) is 15.6. The Morgan fingerprint density at radius 1 is 1.31 bits per heavy atom.